The number of ether oxygens (including phenoxy) is 1. The molecule has 6 nitrogen and oxygen atoms in total. The Morgan fingerprint density at radius 2 is 2.17 bits per heavy atom. The van der Waals surface area contributed by atoms with Gasteiger partial charge in [0, 0.05) is 5.69 Å². The minimum Gasteiger partial charge on any atom is -0.497 e. The number of hydrogen-bond acceptors (Lipinski definition) is 5. The second kappa shape index (κ2) is 7.20. The molecular formula is C18H19N3O3. The first-order valence-electron chi connectivity index (χ1n) is 7.87. The van der Waals surface area contributed by atoms with Gasteiger partial charge < -0.3 is 14.5 Å². The molecule has 1 amide bonds. The molecule has 3 rings (SSSR count). The summed E-state index contributed by atoms with van der Waals surface area (Å²) in [5.41, 5.74) is 0.748. The highest BCUT2D eigenvalue weighted by Gasteiger charge is 2.31. The molecule has 1 atom stereocenters. The number of amides is 1. The number of rotatable bonds is 5. The van der Waals surface area contributed by atoms with Crippen molar-refractivity contribution in [3.63, 3.8) is 0 Å². The van der Waals surface area contributed by atoms with Crippen molar-refractivity contribution >= 4 is 11.6 Å². The van der Waals surface area contributed by atoms with Crippen LogP contribution in [-0.2, 0) is 11.3 Å². The first-order valence-corrected chi connectivity index (χ1v) is 7.87. The third-order valence-corrected chi connectivity index (χ3v) is 4.15. The van der Waals surface area contributed by atoms with Gasteiger partial charge in [-0.3, -0.25) is 9.69 Å². The number of nitrogens with one attached hydrogen (secondary N) is 1. The number of anilines is 1. The van der Waals surface area contributed by atoms with Crippen LogP contribution in [0.5, 0.6) is 5.75 Å². The number of hydrogen-bond donors (Lipinski definition) is 1. The molecule has 1 aliphatic rings. The smallest absolute Gasteiger partial charge is 0.241 e. The molecule has 1 aliphatic heterocycles. The maximum atomic E-state index is 12.6. The fraction of sp³-hybridized carbons (Fsp3) is 0.333. The lowest BCUT2D eigenvalue weighted by molar-refractivity contribution is -0.120. The third-order valence-electron chi connectivity index (χ3n) is 4.15. The van der Waals surface area contributed by atoms with Gasteiger partial charge in [0.05, 0.1) is 19.7 Å². The standard InChI is InChI=1S/C18H19N3O3/c1-23-14-6-4-13(5-7-14)20-18(22)17-3-2-10-21(17)12-16-9-8-15(11-19)24-16/h4-9,17H,2-3,10,12H2,1H3,(H,20,22)/t17-/m1/s1. The number of likely N-dealkylation sites (tertiary alicyclic amines) is 1. The van der Waals surface area contributed by atoms with Gasteiger partial charge in [-0.1, -0.05) is 0 Å². The zero-order chi connectivity index (χ0) is 16.9. The van der Waals surface area contributed by atoms with E-state index in [2.05, 4.69) is 10.2 Å². The summed E-state index contributed by atoms with van der Waals surface area (Å²) < 4.78 is 10.5. The van der Waals surface area contributed by atoms with E-state index < -0.39 is 0 Å². The molecule has 6 heteroatoms. The molecule has 0 bridgehead atoms. The minimum absolute atomic E-state index is 0.0234. The minimum atomic E-state index is -0.192. The average Bonchev–Trinajstić information content (AvgIpc) is 3.25. The summed E-state index contributed by atoms with van der Waals surface area (Å²) >= 11 is 0. The highest BCUT2D eigenvalue weighted by molar-refractivity contribution is 5.95. The SMILES string of the molecule is COc1ccc(NC(=O)[C@H]2CCCN2Cc2ccc(C#N)o2)cc1. The van der Waals surface area contributed by atoms with Crippen molar-refractivity contribution < 1.29 is 13.9 Å². The van der Waals surface area contributed by atoms with E-state index in [-0.39, 0.29) is 11.9 Å². The van der Waals surface area contributed by atoms with Gasteiger partial charge in [-0.25, -0.2) is 0 Å². The maximum Gasteiger partial charge on any atom is 0.241 e. The van der Waals surface area contributed by atoms with Crippen molar-refractivity contribution in [2.45, 2.75) is 25.4 Å². The zero-order valence-corrected chi connectivity index (χ0v) is 13.5. The lowest BCUT2D eigenvalue weighted by Crippen LogP contribution is -2.39. The zero-order valence-electron chi connectivity index (χ0n) is 13.5. The van der Waals surface area contributed by atoms with Crippen molar-refractivity contribution in [2.75, 3.05) is 19.0 Å². The van der Waals surface area contributed by atoms with Crippen LogP contribution in [0.3, 0.4) is 0 Å². The molecule has 0 spiro atoms. The molecule has 1 aromatic carbocycles. The van der Waals surface area contributed by atoms with E-state index in [9.17, 15) is 4.79 Å². The molecule has 124 valence electrons. The summed E-state index contributed by atoms with van der Waals surface area (Å²) in [7, 11) is 1.61. The quantitative estimate of drug-likeness (QED) is 0.914. The predicted octanol–water partition coefficient (Wildman–Crippen LogP) is 2.76. The first-order chi connectivity index (χ1) is 11.7. The monoisotopic (exact) mass is 325 g/mol. The van der Waals surface area contributed by atoms with Gasteiger partial charge in [0.25, 0.3) is 0 Å². The van der Waals surface area contributed by atoms with Crippen molar-refractivity contribution in [2.24, 2.45) is 0 Å². The lowest BCUT2D eigenvalue weighted by atomic mass is 10.2. The molecule has 0 radical (unpaired) electrons. The second-order valence-electron chi connectivity index (χ2n) is 5.72. The molecule has 0 saturated carbocycles. The van der Waals surface area contributed by atoms with E-state index in [1.165, 1.54) is 0 Å². The maximum absolute atomic E-state index is 12.6. The van der Waals surface area contributed by atoms with Gasteiger partial charge in [0.15, 0.2) is 0 Å². The summed E-state index contributed by atoms with van der Waals surface area (Å²) in [5.74, 6) is 1.73. The normalized spacial score (nSPS) is 17.4. The van der Waals surface area contributed by atoms with Crippen LogP contribution in [0.1, 0.15) is 24.4 Å². The summed E-state index contributed by atoms with van der Waals surface area (Å²) in [6.07, 6.45) is 1.78. The summed E-state index contributed by atoms with van der Waals surface area (Å²) in [6.45, 7) is 1.37. The van der Waals surface area contributed by atoms with E-state index in [4.69, 9.17) is 14.4 Å². The Balaban J connectivity index is 1.63. The topological polar surface area (TPSA) is 78.5 Å². The van der Waals surface area contributed by atoms with Crippen molar-refractivity contribution in [3.05, 3.63) is 47.9 Å². The van der Waals surface area contributed by atoms with Crippen LogP contribution < -0.4 is 10.1 Å². The van der Waals surface area contributed by atoms with Crippen LogP contribution in [-0.4, -0.2) is 30.5 Å². The van der Waals surface area contributed by atoms with Crippen LogP contribution in [0.4, 0.5) is 5.69 Å². The molecule has 1 fully saturated rings. The number of furan rings is 1. The first kappa shape index (κ1) is 16.1. The highest BCUT2D eigenvalue weighted by Crippen LogP contribution is 2.23. The Morgan fingerprint density at radius 1 is 1.38 bits per heavy atom. The number of carbonyl (C=O) groups is 1. The van der Waals surface area contributed by atoms with E-state index in [1.807, 2.05) is 30.3 Å². The van der Waals surface area contributed by atoms with Crippen LogP contribution in [0.2, 0.25) is 0 Å². The van der Waals surface area contributed by atoms with E-state index in [1.54, 1.807) is 19.2 Å². The number of benzene rings is 1. The fourth-order valence-electron chi connectivity index (χ4n) is 2.94. The second-order valence-corrected chi connectivity index (χ2v) is 5.72. The summed E-state index contributed by atoms with van der Waals surface area (Å²) in [5, 5.41) is 11.8. The summed E-state index contributed by atoms with van der Waals surface area (Å²) in [6, 6.07) is 12.5. The Kier molecular flexibility index (Phi) is 4.82. The predicted molar refractivity (Wildman–Crippen MR) is 88.5 cm³/mol. The van der Waals surface area contributed by atoms with Gasteiger partial charge in [0.1, 0.15) is 17.6 Å². The number of nitrogens with zero attached hydrogens (tertiary/aromatic N) is 2. The third kappa shape index (κ3) is 3.58. The largest absolute Gasteiger partial charge is 0.497 e. The van der Waals surface area contributed by atoms with Crippen molar-refractivity contribution in [1.82, 2.24) is 4.90 Å². The highest BCUT2D eigenvalue weighted by atomic mass is 16.5. The lowest BCUT2D eigenvalue weighted by Gasteiger charge is -2.22. The fourth-order valence-corrected chi connectivity index (χ4v) is 2.94. The Morgan fingerprint density at radius 3 is 2.83 bits per heavy atom. The molecule has 1 aromatic heterocycles. The molecule has 24 heavy (non-hydrogen) atoms. The molecule has 0 aliphatic carbocycles. The molecule has 1 saturated heterocycles. The number of methoxy groups -OCH3 is 1. The van der Waals surface area contributed by atoms with E-state index in [0.29, 0.717) is 18.1 Å². The Hall–Kier alpha value is -2.78. The molecule has 0 unspecified atom stereocenters. The van der Waals surface area contributed by atoms with Gasteiger partial charge in [-0.05, 0) is 55.8 Å². The molecule has 1 N–H and O–H groups in total. The van der Waals surface area contributed by atoms with Crippen LogP contribution in [0, 0.1) is 11.3 Å². The summed E-state index contributed by atoms with van der Waals surface area (Å²) in [4.78, 5) is 14.6. The van der Waals surface area contributed by atoms with Gasteiger partial charge >= 0.3 is 0 Å². The van der Waals surface area contributed by atoms with Crippen molar-refractivity contribution in [3.8, 4) is 11.8 Å². The van der Waals surface area contributed by atoms with Gasteiger partial charge in [0.2, 0.25) is 11.7 Å². The van der Waals surface area contributed by atoms with Crippen LogP contribution in [0.25, 0.3) is 0 Å². The molecule has 2 heterocycles. The number of carbonyl (C=O) groups excluding carboxylic acids is 1. The number of nitriles is 1. The van der Waals surface area contributed by atoms with Gasteiger partial charge in [-0.15, -0.1) is 0 Å². The van der Waals surface area contributed by atoms with Crippen LogP contribution in [0.15, 0.2) is 40.8 Å². The molecular weight excluding hydrogens is 306 g/mol. The Bertz CT molecular complexity index is 746. The van der Waals surface area contributed by atoms with E-state index in [0.717, 1.165) is 30.8 Å². The Labute approximate surface area is 140 Å². The van der Waals surface area contributed by atoms with Crippen LogP contribution >= 0.6 is 0 Å². The van der Waals surface area contributed by atoms with Crippen molar-refractivity contribution in [1.29, 1.82) is 5.26 Å². The van der Waals surface area contributed by atoms with E-state index >= 15 is 0 Å². The van der Waals surface area contributed by atoms with Gasteiger partial charge in [-0.2, -0.15) is 5.26 Å². The average molecular weight is 325 g/mol. The molecule has 2 aromatic rings.